The Hall–Kier alpha value is -3.73. The topological polar surface area (TPSA) is 145 Å². The number of hydrogen-bond acceptors (Lipinski definition) is 7. The van der Waals surface area contributed by atoms with Gasteiger partial charge in [-0.3, -0.25) is 19.6 Å². The van der Waals surface area contributed by atoms with Crippen LogP contribution in [0.1, 0.15) is 118 Å². The monoisotopic (exact) mass is 629 g/mol. The van der Waals surface area contributed by atoms with Gasteiger partial charge in [0.2, 0.25) is 0 Å². The van der Waals surface area contributed by atoms with Gasteiger partial charge in [-0.25, -0.2) is 13.2 Å². The molecule has 2 rings (SSSR count). The normalized spacial score (nSPS) is 11.4. The Balaban J connectivity index is 1.77. The fourth-order valence-electron chi connectivity index (χ4n) is 4.70. The first-order chi connectivity index (χ1) is 21.2. The second-order valence-corrected chi connectivity index (χ2v) is 12.5. The number of sulfonamides is 1. The lowest BCUT2D eigenvalue weighted by Gasteiger charge is -2.13. The number of amides is 1. The number of nitrogens with one attached hydrogen (secondary N) is 2. The van der Waals surface area contributed by atoms with Crippen LogP contribution in [-0.2, 0) is 14.8 Å². The Kier molecular flexibility index (Phi) is 16.8. The maximum atomic E-state index is 13.0. The average molecular weight is 630 g/mol. The number of nitro groups is 1. The van der Waals surface area contributed by atoms with Crippen LogP contribution in [0.25, 0.3) is 0 Å². The summed E-state index contributed by atoms with van der Waals surface area (Å²) in [6.45, 7) is 2.71. The number of rotatable bonds is 22. The van der Waals surface area contributed by atoms with Crippen LogP contribution in [0.2, 0.25) is 0 Å². The number of hydrogen-bond donors (Lipinski definition) is 2. The van der Waals surface area contributed by atoms with Crippen LogP contribution in [0, 0.1) is 10.1 Å². The van der Waals surface area contributed by atoms with E-state index in [0.717, 1.165) is 45.3 Å². The van der Waals surface area contributed by atoms with Crippen LogP contribution >= 0.6 is 0 Å². The first-order valence-corrected chi connectivity index (χ1v) is 17.1. The Morgan fingerprint density at radius 3 is 2.09 bits per heavy atom. The summed E-state index contributed by atoms with van der Waals surface area (Å²) in [7, 11) is -3.17. The predicted octanol–water partition coefficient (Wildman–Crippen LogP) is 7.95. The van der Waals surface area contributed by atoms with E-state index in [-0.39, 0.29) is 21.7 Å². The third-order valence-electron chi connectivity index (χ3n) is 7.24. The number of unbranched alkanes of at least 4 members (excludes halogenated alkanes) is 12. The van der Waals surface area contributed by atoms with E-state index in [0.29, 0.717) is 6.54 Å². The molecule has 0 aliphatic carbocycles. The van der Waals surface area contributed by atoms with E-state index in [1.807, 2.05) is 0 Å². The summed E-state index contributed by atoms with van der Waals surface area (Å²) >= 11 is 0. The van der Waals surface area contributed by atoms with Gasteiger partial charge in [0.15, 0.2) is 0 Å². The first-order valence-electron chi connectivity index (χ1n) is 15.6. The predicted molar refractivity (Wildman–Crippen MR) is 173 cm³/mol. The van der Waals surface area contributed by atoms with E-state index < -0.39 is 32.5 Å². The molecule has 0 unspecified atom stereocenters. The third kappa shape index (κ3) is 13.3. The van der Waals surface area contributed by atoms with Gasteiger partial charge in [0.25, 0.3) is 21.6 Å². The molecule has 0 heterocycles. The Labute approximate surface area is 261 Å². The summed E-state index contributed by atoms with van der Waals surface area (Å²) in [5.41, 5.74) is -0.529. The molecule has 0 aliphatic heterocycles. The van der Waals surface area contributed by atoms with Crippen LogP contribution in [0.4, 0.5) is 11.4 Å². The van der Waals surface area contributed by atoms with Crippen molar-refractivity contribution < 1.29 is 27.7 Å². The highest BCUT2D eigenvalue weighted by Crippen LogP contribution is 2.25. The van der Waals surface area contributed by atoms with Crippen LogP contribution in [-0.4, -0.2) is 38.9 Å². The number of ether oxygens (including phenoxy) is 1. The molecule has 0 saturated heterocycles. The van der Waals surface area contributed by atoms with Crippen LogP contribution in [0.15, 0.2) is 59.5 Å². The van der Waals surface area contributed by atoms with E-state index in [4.69, 9.17) is 4.74 Å². The second kappa shape index (κ2) is 20.3. The molecular weight excluding hydrogens is 582 g/mol. The Bertz CT molecular complexity index is 1340. The SMILES string of the molecule is CCCCCCCC/C=C\CCCCCCCCNC(=O)c1ccc(C(=O)OC)c(NS(=O)(=O)c2cccc([N+](=O)[O-])c2)c1. The molecule has 0 aromatic heterocycles. The molecule has 0 bridgehead atoms. The second-order valence-electron chi connectivity index (χ2n) is 10.8. The Morgan fingerprint density at radius 1 is 0.864 bits per heavy atom. The largest absolute Gasteiger partial charge is 0.465 e. The van der Waals surface area contributed by atoms with Gasteiger partial charge in [-0.2, -0.15) is 0 Å². The van der Waals surface area contributed by atoms with Crippen LogP contribution in [0.3, 0.4) is 0 Å². The van der Waals surface area contributed by atoms with E-state index in [1.54, 1.807) is 0 Å². The molecule has 2 aromatic rings. The molecule has 10 nitrogen and oxygen atoms in total. The molecule has 242 valence electrons. The van der Waals surface area contributed by atoms with Crippen molar-refractivity contribution in [3.8, 4) is 0 Å². The molecule has 44 heavy (non-hydrogen) atoms. The molecule has 11 heteroatoms. The number of esters is 1. The maximum Gasteiger partial charge on any atom is 0.339 e. The first kappa shape index (κ1) is 36.5. The molecule has 0 radical (unpaired) electrons. The van der Waals surface area contributed by atoms with Gasteiger partial charge in [-0.05, 0) is 56.4 Å². The summed E-state index contributed by atoms with van der Waals surface area (Å²) in [6, 6.07) is 8.47. The number of nitrogens with zero attached hydrogens (tertiary/aromatic N) is 1. The van der Waals surface area contributed by atoms with E-state index in [9.17, 15) is 28.1 Å². The highest BCUT2D eigenvalue weighted by atomic mass is 32.2. The van der Waals surface area contributed by atoms with Gasteiger partial charge < -0.3 is 10.1 Å². The molecule has 0 spiro atoms. The maximum absolute atomic E-state index is 13.0. The van der Waals surface area contributed by atoms with Crippen LogP contribution in [0.5, 0.6) is 0 Å². The van der Waals surface area contributed by atoms with E-state index in [2.05, 4.69) is 29.1 Å². The molecule has 0 atom stereocenters. The van der Waals surface area contributed by atoms with Crippen molar-refractivity contribution in [3.05, 3.63) is 75.9 Å². The van der Waals surface area contributed by atoms with Crippen LogP contribution < -0.4 is 10.0 Å². The van der Waals surface area contributed by atoms with Gasteiger partial charge in [-0.15, -0.1) is 0 Å². The number of anilines is 1. The lowest BCUT2D eigenvalue weighted by Crippen LogP contribution is -2.25. The average Bonchev–Trinajstić information content (AvgIpc) is 3.01. The van der Waals surface area contributed by atoms with E-state index in [1.165, 1.54) is 94.2 Å². The van der Waals surface area contributed by atoms with Gasteiger partial charge in [0, 0.05) is 24.2 Å². The number of methoxy groups -OCH3 is 1. The third-order valence-corrected chi connectivity index (χ3v) is 8.61. The molecular formula is C33H47N3O7S. The minimum absolute atomic E-state index is 0.105. The van der Waals surface area contributed by atoms with Gasteiger partial charge in [0.1, 0.15) is 0 Å². The zero-order chi connectivity index (χ0) is 32.2. The lowest BCUT2D eigenvalue weighted by atomic mass is 10.1. The molecule has 1 amide bonds. The van der Waals surface area contributed by atoms with Crippen molar-refractivity contribution in [2.45, 2.75) is 102 Å². The number of allylic oxidation sites excluding steroid dienone is 2. The standard InChI is InChI=1S/C33H47N3O7S/c1-3-4-5-6-7-8-9-10-11-12-13-14-15-16-17-18-24-34-32(37)27-22-23-30(33(38)43-2)31(25-27)35-44(41,42)29-21-19-20-28(26-29)36(39)40/h10-11,19-23,25-26,35H,3-9,12-18,24H2,1-2H3,(H,34,37)/b11-10-. The van der Waals surface area contributed by atoms with Crippen molar-refractivity contribution in [1.82, 2.24) is 5.32 Å². The zero-order valence-corrected chi connectivity index (χ0v) is 26.8. The quantitative estimate of drug-likeness (QED) is 0.0442. The van der Waals surface area contributed by atoms with E-state index >= 15 is 0 Å². The molecule has 0 aliphatic rings. The van der Waals surface area contributed by atoms with Crippen molar-refractivity contribution in [2.75, 3.05) is 18.4 Å². The number of nitro benzene ring substituents is 1. The minimum Gasteiger partial charge on any atom is -0.465 e. The molecule has 0 fully saturated rings. The van der Waals surface area contributed by atoms with Crippen molar-refractivity contribution in [2.24, 2.45) is 0 Å². The minimum atomic E-state index is -4.32. The van der Waals surface area contributed by atoms with Crippen molar-refractivity contribution in [3.63, 3.8) is 0 Å². The highest BCUT2D eigenvalue weighted by Gasteiger charge is 2.22. The van der Waals surface area contributed by atoms with Crippen molar-refractivity contribution >= 4 is 33.3 Å². The fraction of sp³-hybridized carbons (Fsp3) is 0.515. The van der Waals surface area contributed by atoms with Gasteiger partial charge in [-0.1, -0.05) is 82.9 Å². The summed E-state index contributed by atoms with van der Waals surface area (Å²) in [6.07, 6.45) is 21.4. The van der Waals surface area contributed by atoms with Crippen molar-refractivity contribution in [1.29, 1.82) is 0 Å². The fourth-order valence-corrected chi connectivity index (χ4v) is 5.81. The molecule has 2 aromatic carbocycles. The van der Waals surface area contributed by atoms with Gasteiger partial charge in [0.05, 0.1) is 28.2 Å². The van der Waals surface area contributed by atoms with Gasteiger partial charge >= 0.3 is 5.97 Å². The smallest absolute Gasteiger partial charge is 0.339 e. The number of carbonyl (C=O) groups excluding carboxylic acids is 2. The summed E-state index contributed by atoms with van der Waals surface area (Å²) in [5, 5.41) is 13.9. The Morgan fingerprint density at radius 2 is 1.48 bits per heavy atom. The summed E-state index contributed by atoms with van der Waals surface area (Å²) < 4.78 is 33.0. The number of non-ortho nitro benzene ring substituents is 1. The molecule has 0 saturated carbocycles. The summed E-state index contributed by atoms with van der Waals surface area (Å²) in [4.78, 5) is 35.1. The lowest BCUT2D eigenvalue weighted by molar-refractivity contribution is -0.385. The number of carbonyl (C=O) groups is 2. The number of benzene rings is 2. The molecule has 2 N–H and O–H groups in total. The summed E-state index contributed by atoms with van der Waals surface area (Å²) in [5.74, 6) is -1.22. The zero-order valence-electron chi connectivity index (χ0n) is 26.0. The highest BCUT2D eigenvalue weighted by molar-refractivity contribution is 7.92.